The van der Waals surface area contributed by atoms with Crippen molar-refractivity contribution >= 4 is 0 Å². The van der Waals surface area contributed by atoms with Crippen molar-refractivity contribution < 1.29 is 9.47 Å². The summed E-state index contributed by atoms with van der Waals surface area (Å²) < 4.78 is 10.6. The summed E-state index contributed by atoms with van der Waals surface area (Å²) in [7, 11) is 5.43. The fourth-order valence-electron chi connectivity index (χ4n) is 1.78. The maximum Gasteiger partial charge on any atom is 0.123 e. The highest BCUT2D eigenvalue weighted by Gasteiger charge is 2.10. The van der Waals surface area contributed by atoms with E-state index >= 15 is 0 Å². The van der Waals surface area contributed by atoms with Gasteiger partial charge >= 0.3 is 0 Å². The molecule has 1 atom stereocenters. The predicted octanol–water partition coefficient (Wildman–Crippen LogP) is 1.10. The molecule has 17 heavy (non-hydrogen) atoms. The van der Waals surface area contributed by atoms with E-state index in [1.807, 2.05) is 25.2 Å². The highest BCUT2D eigenvalue weighted by atomic mass is 16.5. The summed E-state index contributed by atoms with van der Waals surface area (Å²) in [5, 5.41) is 0. The maximum atomic E-state index is 5.60. The Morgan fingerprint density at radius 1 is 1.29 bits per heavy atom. The van der Waals surface area contributed by atoms with Crippen molar-refractivity contribution in [1.29, 1.82) is 0 Å². The fraction of sp³-hybridized carbons (Fsp3) is 0.538. The number of rotatable bonds is 7. The molecule has 1 unspecified atom stereocenters. The zero-order valence-corrected chi connectivity index (χ0v) is 10.8. The van der Waals surface area contributed by atoms with Crippen molar-refractivity contribution in [3.63, 3.8) is 0 Å². The van der Waals surface area contributed by atoms with Crippen molar-refractivity contribution in [2.45, 2.75) is 12.6 Å². The van der Waals surface area contributed by atoms with E-state index in [-0.39, 0.29) is 6.10 Å². The van der Waals surface area contributed by atoms with Crippen LogP contribution in [-0.4, -0.2) is 45.4 Å². The number of ether oxygens (including phenoxy) is 2. The summed E-state index contributed by atoms with van der Waals surface area (Å²) in [4.78, 5) is 2.18. The molecular weight excluding hydrogens is 216 g/mol. The van der Waals surface area contributed by atoms with Crippen LogP contribution < -0.4 is 10.5 Å². The Morgan fingerprint density at radius 2 is 2.00 bits per heavy atom. The van der Waals surface area contributed by atoms with E-state index in [0.717, 1.165) is 18.8 Å². The highest BCUT2D eigenvalue weighted by molar-refractivity contribution is 5.32. The molecule has 0 bridgehead atoms. The molecule has 0 fully saturated rings. The van der Waals surface area contributed by atoms with Crippen molar-refractivity contribution in [2.24, 2.45) is 5.73 Å². The van der Waals surface area contributed by atoms with Gasteiger partial charge in [0.1, 0.15) is 5.75 Å². The molecule has 4 nitrogen and oxygen atoms in total. The Labute approximate surface area is 103 Å². The number of methoxy groups -OCH3 is 2. The van der Waals surface area contributed by atoms with Crippen LogP contribution in [0.1, 0.15) is 5.56 Å². The Bertz CT molecular complexity index is 327. The number of para-hydroxylation sites is 1. The summed E-state index contributed by atoms with van der Waals surface area (Å²) in [6.45, 7) is 2.17. The van der Waals surface area contributed by atoms with Crippen LogP contribution in [0.25, 0.3) is 0 Å². The lowest BCUT2D eigenvalue weighted by Crippen LogP contribution is -2.35. The second-order valence-electron chi connectivity index (χ2n) is 4.10. The van der Waals surface area contributed by atoms with E-state index in [2.05, 4.69) is 11.0 Å². The zero-order chi connectivity index (χ0) is 12.7. The third-order valence-electron chi connectivity index (χ3n) is 2.74. The van der Waals surface area contributed by atoms with Gasteiger partial charge in [-0.25, -0.2) is 0 Å². The van der Waals surface area contributed by atoms with Gasteiger partial charge in [0.2, 0.25) is 0 Å². The van der Waals surface area contributed by atoms with Gasteiger partial charge in [0.25, 0.3) is 0 Å². The molecule has 96 valence electrons. The molecule has 0 saturated heterocycles. The number of likely N-dealkylation sites (N-methyl/N-ethyl adjacent to an activating group) is 1. The standard InChI is InChI=1S/C13H22N2O2/c1-15(10-12(8-14)16-2)9-11-6-4-5-7-13(11)17-3/h4-7,12H,8-10,14H2,1-3H3. The van der Waals surface area contributed by atoms with Gasteiger partial charge in [-0.3, -0.25) is 4.90 Å². The van der Waals surface area contributed by atoms with Gasteiger partial charge in [0.15, 0.2) is 0 Å². The molecule has 0 aliphatic carbocycles. The maximum absolute atomic E-state index is 5.60. The molecule has 0 heterocycles. The molecule has 0 aliphatic rings. The van der Waals surface area contributed by atoms with Gasteiger partial charge in [-0.1, -0.05) is 18.2 Å². The van der Waals surface area contributed by atoms with Gasteiger partial charge in [0.05, 0.1) is 13.2 Å². The third-order valence-corrected chi connectivity index (χ3v) is 2.74. The molecule has 0 saturated carbocycles. The minimum Gasteiger partial charge on any atom is -0.496 e. The summed E-state index contributed by atoms with van der Waals surface area (Å²) in [5.74, 6) is 0.918. The Kier molecular flexibility index (Phi) is 5.97. The first-order valence-corrected chi connectivity index (χ1v) is 5.74. The number of nitrogens with two attached hydrogens (primary N) is 1. The number of nitrogens with zero attached hydrogens (tertiary/aromatic N) is 1. The minimum atomic E-state index is 0.0784. The van der Waals surface area contributed by atoms with Crippen molar-refractivity contribution in [3.8, 4) is 5.75 Å². The summed E-state index contributed by atoms with van der Waals surface area (Å²) in [5.41, 5.74) is 6.78. The molecule has 1 aromatic carbocycles. The van der Waals surface area contributed by atoms with E-state index in [1.54, 1.807) is 14.2 Å². The molecule has 1 aromatic rings. The second kappa shape index (κ2) is 7.27. The first-order valence-electron chi connectivity index (χ1n) is 5.74. The monoisotopic (exact) mass is 238 g/mol. The molecular formula is C13H22N2O2. The van der Waals surface area contributed by atoms with E-state index in [0.29, 0.717) is 6.54 Å². The molecule has 0 spiro atoms. The molecule has 0 aliphatic heterocycles. The Morgan fingerprint density at radius 3 is 2.59 bits per heavy atom. The average molecular weight is 238 g/mol. The third kappa shape index (κ3) is 4.34. The predicted molar refractivity (Wildman–Crippen MR) is 69.2 cm³/mol. The molecule has 2 N–H and O–H groups in total. The largest absolute Gasteiger partial charge is 0.496 e. The second-order valence-corrected chi connectivity index (χ2v) is 4.10. The SMILES string of the molecule is COc1ccccc1CN(C)CC(CN)OC. The minimum absolute atomic E-state index is 0.0784. The fourth-order valence-corrected chi connectivity index (χ4v) is 1.78. The average Bonchev–Trinajstić information content (AvgIpc) is 2.36. The van der Waals surface area contributed by atoms with Gasteiger partial charge in [-0.2, -0.15) is 0 Å². The lowest BCUT2D eigenvalue weighted by atomic mass is 10.2. The highest BCUT2D eigenvalue weighted by Crippen LogP contribution is 2.18. The molecule has 0 amide bonds. The van der Waals surface area contributed by atoms with Gasteiger partial charge in [-0.15, -0.1) is 0 Å². The van der Waals surface area contributed by atoms with Crippen LogP contribution in [0.2, 0.25) is 0 Å². The topological polar surface area (TPSA) is 47.7 Å². The molecule has 1 rings (SSSR count). The first kappa shape index (κ1) is 14.0. The quantitative estimate of drug-likeness (QED) is 0.773. The van der Waals surface area contributed by atoms with Crippen LogP contribution in [0, 0.1) is 0 Å². The smallest absolute Gasteiger partial charge is 0.123 e. The number of benzene rings is 1. The summed E-state index contributed by atoms with van der Waals surface area (Å²) >= 11 is 0. The van der Waals surface area contributed by atoms with E-state index < -0.39 is 0 Å². The van der Waals surface area contributed by atoms with Gasteiger partial charge in [0, 0.05) is 32.3 Å². The molecule has 0 aromatic heterocycles. The van der Waals surface area contributed by atoms with Crippen LogP contribution >= 0.6 is 0 Å². The van der Waals surface area contributed by atoms with Crippen LogP contribution in [0.3, 0.4) is 0 Å². The zero-order valence-electron chi connectivity index (χ0n) is 10.8. The normalized spacial score (nSPS) is 12.8. The molecule has 0 radical (unpaired) electrons. The lowest BCUT2D eigenvalue weighted by Gasteiger charge is -2.22. The van der Waals surface area contributed by atoms with Crippen molar-refractivity contribution in [1.82, 2.24) is 4.90 Å². The van der Waals surface area contributed by atoms with E-state index in [9.17, 15) is 0 Å². The van der Waals surface area contributed by atoms with Crippen molar-refractivity contribution in [2.75, 3.05) is 34.4 Å². The Hall–Kier alpha value is -1.10. The van der Waals surface area contributed by atoms with E-state index in [4.69, 9.17) is 15.2 Å². The number of hydrogen-bond donors (Lipinski definition) is 1. The number of hydrogen-bond acceptors (Lipinski definition) is 4. The molecule has 4 heteroatoms. The van der Waals surface area contributed by atoms with Crippen LogP contribution in [0.15, 0.2) is 24.3 Å². The first-order chi connectivity index (χ1) is 8.21. The van der Waals surface area contributed by atoms with Gasteiger partial charge < -0.3 is 15.2 Å². The van der Waals surface area contributed by atoms with Gasteiger partial charge in [-0.05, 0) is 13.1 Å². The Balaban J connectivity index is 2.58. The summed E-state index contributed by atoms with van der Waals surface area (Å²) in [6, 6.07) is 8.03. The van der Waals surface area contributed by atoms with E-state index in [1.165, 1.54) is 5.56 Å². The van der Waals surface area contributed by atoms with Crippen LogP contribution in [-0.2, 0) is 11.3 Å². The lowest BCUT2D eigenvalue weighted by molar-refractivity contribution is 0.0759. The van der Waals surface area contributed by atoms with Crippen LogP contribution in [0.5, 0.6) is 5.75 Å². The van der Waals surface area contributed by atoms with Crippen LogP contribution in [0.4, 0.5) is 0 Å². The summed E-state index contributed by atoms with van der Waals surface area (Å²) in [6.07, 6.45) is 0.0784. The van der Waals surface area contributed by atoms with Crippen molar-refractivity contribution in [3.05, 3.63) is 29.8 Å².